The van der Waals surface area contributed by atoms with Crippen LogP contribution in [0.15, 0.2) is 0 Å². The van der Waals surface area contributed by atoms with Gasteiger partial charge in [0.2, 0.25) is 0 Å². The molecule has 1 aliphatic rings. The third kappa shape index (κ3) is 3.96. The highest BCUT2D eigenvalue weighted by Gasteiger charge is 2.13. The smallest absolute Gasteiger partial charge is 0.0781 e. The summed E-state index contributed by atoms with van der Waals surface area (Å²) in [6, 6.07) is 0. The lowest BCUT2D eigenvalue weighted by molar-refractivity contribution is 0.423. The molecule has 1 nitrogen and oxygen atoms in total. The second-order valence-corrected chi connectivity index (χ2v) is 1.14. The van der Waals surface area contributed by atoms with Gasteiger partial charge in [0.05, 0.1) is 12.7 Å². The molecule has 1 saturated heterocycles. The predicted octanol–water partition coefficient (Wildman–Crippen LogP) is 1.68. The Hall–Kier alpha value is -0.0400. The maximum absolute atomic E-state index is 4.71. The summed E-state index contributed by atoms with van der Waals surface area (Å²) in [5, 5.41) is 0. The van der Waals surface area contributed by atoms with Gasteiger partial charge in [-0.1, -0.05) is 14.9 Å². The van der Waals surface area contributed by atoms with Crippen molar-refractivity contribution in [1.82, 2.24) is 0 Å². The van der Waals surface area contributed by atoms with E-state index in [0.29, 0.717) is 6.10 Å². The molecule has 1 atom stereocenters. The standard InChI is InChI=1S/C3H6O.2CH4/c1-3-2-4-3;;/h3H,2H2,1H3;2*1H4. The Bertz CT molecular complexity index is 23.1. The lowest BCUT2D eigenvalue weighted by atomic mass is 10.6. The summed E-state index contributed by atoms with van der Waals surface area (Å²) in [6.07, 6.45) is 0.583. The van der Waals surface area contributed by atoms with Gasteiger partial charge in [0, 0.05) is 0 Å². The molecule has 0 amide bonds. The van der Waals surface area contributed by atoms with Crippen LogP contribution in [0.3, 0.4) is 0 Å². The summed E-state index contributed by atoms with van der Waals surface area (Å²) >= 11 is 0. The van der Waals surface area contributed by atoms with Gasteiger partial charge < -0.3 is 4.74 Å². The third-order valence-electron chi connectivity index (χ3n) is 0.500. The average molecular weight is 90.2 g/mol. The van der Waals surface area contributed by atoms with Gasteiger partial charge in [0.1, 0.15) is 0 Å². The van der Waals surface area contributed by atoms with E-state index in [1.54, 1.807) is 0 Å². The molecule has 1 fully saturated rings. The normalized spacial score (nSPS) is 26.5. The summed E-state index contributed by atoms with van der Waals surface area (Å²) in [6.45, 7) is 3.04. The molecule has 40 valence electrons. The molecule has 0 aromatic rings. The minimum atomic E-state index is 0. The van der Waals surface area contributed by atoms with Crippen molar-refractivity contribution in [3.63, 3.8) is 0 Å². The molecule has 0 bridgehead atoms. The first-order chi connectivity index (χ1) is 1.89. The molecular formula is C5H14O. The SMILES string of the molecule is C.C.CC1CO1. The Morgan fingerprint density at radius 3 is 1.67 bits per heavy atom. The van der Waals surface area contributed by atoms with Crippen molar-refractivity contribution >= 4 is 0 Å². The van der Waals surface area contributed by atoms with Gasteiger partial charge in [0.25, 0.3) is 0 Å². The van der Waals surface area contributed by atoms with E-state index in [0.717, 1.165) is 6.61 Å². The number of epoxide rings is 1. The first-order valence-electron chi connectivity index (χ1n) is 1.51. The molecule has 1 heteroatoms. The lowest BCUT2D eigenvalue weighted by Gasteiger charge is -1.50. The number of rotatable bonds is 0. The first-order valence-corrected chi connectivity index (χ1v) is 1.51. The molecule has 0 aromatic carbocycles. The minimum absolute atomic E-state index is 0. The van der Waals surface area contributed by atoms with E-state index in [-0.39, 0.29) is 14.9 Å². The Kier molecular flexibility index (Phi) is 4.93. The molecule has 0 radical (unpaired) electrons. The predicted molar refractivity (Wildman–Crippen MR) is 28.9 cm³/mol. The summed E-state index contributed by atoms with van der Waals surface area (Å²) in [7, 11) is 0. The van der Waals surface area contributed by atoms with E-state index in [9.17, 15) is 0 Å². The van der Waals surface area contributed by atoms with Crippen LogP contribution in [0.2, 0.25) is 0 Å². The van der Waals surface area contributed by atoms with Crippen molar-refractivity contribution in [2.75, 3.05) is 6.61 Å². The molecule has 1 rings (SSSR count). The zero-order valence-corrected chi connectivity index (χ0v) is 2.69. The second kappa shape index (κ2) is 3.16. The van der Waals surface area contributed by atoms with Gasteiger partial charge in [-0.2, -0.15) is 0 Å². The summed E-state index contributed by atoms with van der Waals surface area (Å²) in [5.41, 5.74) is 0. The van der Waals surface area contributed by atoms with Gasteiger partial charge in [-0.3, -0.25) is 0 Å². The van der Waals surface area contributed by atoms with Crippen molar-refractivity contribution in [2.24, 2.45) is 0 Å². The first kappa shape index (κ1) is 9.35. The van der Waals surface area contributed by atoms with Crippen LogP contribution in [-0.2, 0) is 4.74 Å². The Balaban J connectivity index is 0. The zero-order chi connectivity index (χ0) is 2.99. The van der Waals surface area contributed by atoms with Gasteiger partial charge in [-0.05, 0) is 6.92 Å². The van der Waals surface area contributed by atoms with Crippen molar-refractivity contribution in [3.8, 4) is 0 Å². The lowest BCUT2D eigenvalue weighted by Crippen LogP contribution is -1.60. The minimum Gasteiger partial charge on any atom is -0.373 e. The zero-order valence-electron chi connectivity index (χ0n) is 2.69. The topological polar surface area (TPSA) is 12.5 Å². The van der Waals surface area contributed by atoms with Crippen LogP contribution >= 0.6 is 0 Å². The summed E-state index contributed by atoms with van der Waals surface area (Å²) in [4.78, 5) is 0. The maximum Gasteiger partial charge on any atom is 0.0781 e. The van der Waals surface area contributed by atoms with Gasteiger partial charge in [-0.25, -0.2) is 0 Å². The number of hydrogen-bond donors (Lipinski definition) is 0. The van der Waals surface area contributed by atoms with Crippen LogP contribution in [0, 0.1) is 0 Å². The van der Waals surface area contributed by atoms with Gasteiger partial charge in [0.15, 0.2) is 0 Å². The highest BCUT2D eigenvalue weighted by atomic mass is 16.6. The highest BCUT2D eigenvalue weighted by molar-refractivity contribution is 4.58. The Labute approximate surface area is 40.3 Å². The molecule has 0 aliphatic carbocycles. The summed E-state index contributed by atoms with van der Waals surface area (Å²) < 4.78 is 4.71. The second-order valence-electron chi connectivity index (χ2n) is 1.14. The Morgan fingerprint density at radius 2 is 1.67 bits per heavy atom. The van der Waals surface area contributed by atoms with E-state index in [1.165, 1.54) is 0 Å². The molecule has 1 unspecified atom stereocenters. The fraction of sp³-hybridized carbons (Fsp3) is 1.00. The average Bonchev–Trinajstić information content (AvgIpc) is 1.75. The fourth-order valence-corrected chi connectivity index (χ4v) is 0.0962. The van der Waals surface area contributed by atoms with E-state index >= 15 is 0 Å². The third-order valence-corrected chi connectivity index (χ3v) is 0.500. The number of ether oxygens (including phenoxy) is 1. The maximum atomic E-state index is 4.71. The molecular weight excluding hydrogens is 76.1 g/mol. The van der Waals surface area contributed by atoms with Crippen LogP contribution < -0.4 is 0 Å². The number of hydrogen-bond acceptors (Lipinski definition) is 1. The fourth-order valence-electron chi connectivity index (χ4n) is 0.0962. The van der Waals surface area contributed by atoms with E-state index < -0.39 is 0 Å². The van der Waals surface area contributed by atoms with Crippen molar-refractivity contribution in [1.29, 1.82) is 0 Å². The van der Waals surface area contributed by atoms with E-state index in [4.69, 9.17) is 4.74 Å². The van der Waals surface area contributed by atoms with Gasteiger partial charge >= 0.3 is 0 Å². The van der Waals surface area contributed by atoms with Crippen LogP contribution in [0.4, 0.5) is 0 Å². The molecule has 0 aromatic heterocycles. The van der Waals surface area contributed by atoms with Crippen molar-refractivity contribution in [2.45, 2.75) is 27.9 Å². The van der Waals surface area contributed by atoms with E-state index in [1.807, 2.05) is 0 Å². The molecule has 0 spiro atoms. The van der Waals surface area contributed by atoms with Crippen LogP contribution in [-0.4, -0.2) is 12.7 Å². The van der Waals surface area contributed by atoms with Crippen molar-refractivity contribution < 1.29 is 4.74 Å². The summed E-state index contributed by atoms with van der Waals surface area (Å²) in [5.74, 6) is 0. The Morgan fingerprint density at radius 1 is 1.50 bits per heavy atom. The molecule has 6 heavy (non-hydrogen) atoms. The van der Waals surface area contributed by atoms with Crippen molar-refractivity contribution in [3.05, 3.63) is 0 Å². The molecule has 0 saturated carbocycles. The molecule has 1 heterocycles. The highest BCUT2D eigenvalue weighted by Crippen LogP contribution is 2.04. The van der Waals surface area contributed by atoms with Crippen LogP contribution in [0.5, 0.6) is 0 Å². The van der Waals surface area contributed by atoms with Crippen LogP contribution in [0.25, 0.3) is 0 Å². The van der Waals surface area contributed by atoms with Gasteiger partial charge in [-0.15, -0.1) is 0 Å². The molecule has 1 aliphatic heterocycles. The van der Waals surface area contributed by atoms with Crippen LogP contribution in [0.1, 0.15) is 21.8 Å². The van der Waals surface area contributed by atoms with E-state index in [2.05, 4.69) is 6.92 Å². The molecule has 0 N–H and O–H groups in total. The largest absolute Gasteiger partial charge is 0.373 e. The monoisotopic (exact) mass is 90.1 g/mol. The quantitative estimate of drug-likeness (QED) is 0.412.